The monoisotopic (exact) mass is 509 g/mol. The van der Waals surface area contributed by atoms with Gasteiger partial charge in [0.15, 0.2) is 5.82 Å². The molecule has 1 amide bonds. The SMILES string of the molecule is CNc1nc(-c2cccc(C#N)c2)nc(N2CCC(CC(=O)NCc3ccccc3C(F)(F)F)CC2)n1. The highest BCUT2D eigenvalue weighted by Gasteiger charge is 2.33. The van der Waals surface area contributed by atoms with Crippen LogP contribution >= 0.6 is 0 Å². The van der Waals surface area contributed by atoms with E-state index in [4.69, 9.17) is 0 Å². The number of carbonyl (C=O) groups excluding carboxylic acids is 1. The van der Waals surface area contributed by atoms with Crippen LogP contribution in [0.4, 0.5) is 25.1 Å². The summed E-state index contributed by atoms with van der Waals surface area (Å²) in [5, 5.41) is 14.8. The minimum absolute atomic E-state index is 0.0458. The summed E-state index contributed by atoms with van der Waals surface area (Å²) in [7, 11) is 1.71. The van der Waals surface area contributed by atoms with Gasteiger partial charge in [0.2, 0.25) is 17.8 Å². The van der Waals surface area contributed by atoms with Crippen molar-refractivity contribution in [1.82, 2.24) is 20.3 Å². The van der Waals surface area contributed by atoms with Crippen LogP contribution in [0.25, 0.3) is 11.4 Å². The summed E-state index contributed by atoms with van der Waals surface area (Å²) < 4.78 is 39.5. The van der Waals surface area contributed by atoms with Crippen LogP contribution < -0.4 is 15.5 Å². The number of anilines is 2. The zero-order valence-electron chi connectivity index (χ0n) is 20.2. The van der Waals surface area contributed by atoms with Gasteiger partial charge in [0.05, 0.1) is 17.2 Å². The predicted molar refractivity (Wildman–Crippen MR) is 132 cm³/mol. The number of nitriles is 1. The lowest BCUT2D eigenvalue weighted by molar-refractivity contribution is -0.138. The molecule has 0 saturated carbocycles. The van der Waals surface area contributed by atoms with E-state index in [-0.39, 0.29) is 30.4 Å². The smallest absolute Gasteiger partial charge is 0.357 e. The molecule has 2 N–H and O–H groups in total. The van der Waals surface area contributed by atoms with Crippen LogP contribution in [0.15, 0.2) is 48.5 Å². The van der Waals surface area contributed by atoms with Crippen LogP contribution in [-0.4, -0.2) is 41.0 Å². The highest BCUT2D eigenvalue weighted by atomic mass is 19.4. The lowest BCUT2D eigenvalue weighted by Gasteiger charge is -2.32. The average molecular weight is 510 g/mol. The van der Waals surface area contributed by atoms with Gasteiger partial charge in [0, 0.05) is 38.7 Å². The van der Waals surface area contributed by atoms with Gasteiger partial charge in [-0.15, -0.1) is 0 Å². The largest absolute Gasteiger partial charge is 0.416 e. The van der Waals surface area contributed by atoms with Crippen molar-refractivity contribution in [3.8, 4) is 17.5 Å². The van der Waals surface area contributed by atoms with Crippen molar-refractivity contribution in [1.29, 1.82) is 5.26 Å². The Morgan fingerprint density at radius 3 is 2.57 bits per heavy atom. The molecule has 0 radical (unpaired) electrons. The summed E-state index contributed by atoms with van der Waals surface area (Å²) in [5.41, 5.74) is 0.523. The summed E-state index contributed by atoms with van der Waals surface area (Å²) in [6.45, 7) is 1.08. The van der Waals surface area contributed by atoms with Gasteiger partial charge in [-0.1, -0.05) is 30.3 Å². The first kappa shape index (κ1) is 25.9. The molecule has 1 fully saturated rings. The Hall–Kier alpha value is -4.20. The van der Waals surface area contributed by atoms with E-state index in [0.29, 0.717) is 54.8 Å². The maximum absolute atomic E-state index is 13.2. The van der Waals surface area contributed by atoms with E-state index < -0.39 is 11.7 Å². The van der Waals surface area contributed by atoms with Crippen LogP contribution in [0, 0.1) is 17.2 Å². The topological polar surface area (TPSA) is 107 Å². The minimum Gasteiger partial charge on any atom is -0.357 e. The standard InChI is InChI=1S/C26H26F3N7O/c1-31-24-33-23(19-7-4-5-18(13-19)15-30)34-25(35-24)36-11-9-17(10-12-36)14-22(37)32-16-20-6-2-3-8-21(20)26(27,28)29/h2-8,13,17H,9-12,14,16H2,1H3,(H,32,37)(H,31,33,34,35). The van der Waals surface area contributed by atoms with Crippen molar-refractivity contribution in [2.45, 2.75) is 32.0 Å². The van der Waals surface area contributed by atoms with Gasteiger partial charge >= 0.3 is 6.18 Å². The normalized spacial score (nSPS) is 14.2. The second-order valence-electron chi connectivity index (χ2n) is 8.79. The second-order valence-corrected chi connectivity index (χ2v) is 8.79. The Bertz CT molecular complexity index is 1300. The first-order valence-electron chi connectivity index (χ1n) is 11.9. The number of rotatable bonds is 7. The van der Waals surface area contributed by atoms with Gasteiger partial charge in [-0.05, 0) is 42.5 Å². The highest BCUT2D eigenvalue weighted by Crippen LogP contribution is 2.32. The Morgan fingerprint density at radius 2 is 1.86 bits per heavy atom. The quantitative estimate of drug-likeness (QED) is 0.486. The Balaban J connectivity index is 1.36. The number of hydrogen-bond acceptors (Lipinski definition) is 7. The van der Waals surface area contributed by atoms with Crippen molar-refractivity contribution >= 4 is 17.8 Å². The van der Waals surface area contributed by atoms with E-state index in [0.717, 1.165) is 6.07 Å². The van der Waals surface area contributed by atoms with Gasteiger partial charge in [-0.3, -0.25) is 4.79 Å². The molecule has 2 heterocycles. The third kappa shape index (κ3) is 6.52. The molecule has 1 aromatic heterocycles. The molecule has 1 aliphatic heterocycles. The van der Waals surface area contributed by atoms with E-state index in [2.05, 4.69) is 31.7 Å². The molecule has 0 atom stereocenters. The lowest BCUT2D eigenvalue weighted by atomic mass is 9.93. The maximum atomic E-state index is 13.2. The number of benzene rings is 2. The molecule has 37 heavy (non-hydrogen) atoms. The van der Waals surface area contributed by atoms with Crippen LogP contribution in [0.2, 0.25) is 0 Å². The Labute approximate surface area is 212 Å². The van der Waals surface area contributed by atoms with Crippen LogP contribution in [0.5, 0.6) is 0 Å². The molecule has 1 aliphatic rings. The molecule has 0 aliphatic carbocycles. The van der Waals surface area contributed by atoms with E-state index in [1.807, 2.05) is 11.0 Å². The number of alkyl halides is 3. The van der Waals surface area contributed by atoms with Crippen molar-refractivity contribution in [3.05, 3.63) is 65.2 Å². The van der Waals surface area contributed by atoms with Crippen LogP contribution in [0.1, 0.15) is 36.0 Å². The first-order chi connectivity index (χ1) is 17.8. The maximum Gasteiger partial charge on any atom is 0.416 e. The molecule has 8 nitrogen and oxygen atoms in total. The Morgan fingerprint density at radius 1 is 1.11 bits per heavy atom. The third-order valence-corrected chi connectivity index (χ3v) is 6.27. The number of amides is 1. The fourth-order valence-electron chi connectivity index (χ4n) is 4.29. The number of nitrogens with one attached hydrogen (secondary N) is 2. The molecule has 4 rings (SSSR count). The summed E-state index contributed by atoms with van der Waals surface area (Å²) in [4.78, 5) is 28.0. The molecule has 11 heteroatoms. The molecular formula is C26H26F3N7O. The zero-order valence-corrected chi connectivity index (χ0v) is 20.2. The van der Waals surface area contributed by atoms with E-state index in [9.17, 15) is 23.2 Å². The number of carbonyl (C=O) groups is 1. The van der Waals surface area contributed by atoms with E-state index >= 15 is 0 Å². The summed E-state index contributed by atoms with van der Waals surface area (Å²) in [6.07, 6.45) is -2.79. The van der Waals surface area contributed by atoms with Crippen molar-refractivity contribution in [3.63, 3.8) is 0 Å². The second kappa shape index (κ2) is 11.2. The number of hydrogen-bond donors (Lipinski definition) is 2. The van der Waals surface area contributed by atoms with Gasteiger partial charge < -0.3 is 15.5 Å². The summed E-state index contributed by atoms with van der Waals surface area (Å²) in [6, 6.07) is 14.4. The van der Waals surface area contributed by atoms with E-state index in [1.54, 1.807) is 25.2 Å². The predicted octanol–water partition coefficient (Wildman–Crippen LogP) is 4.39. The third-order valence-electron chi connectivity index (χ3n) is 6.27. The lowest BCUT2D eigenvalue weighted by Crippen LogP contribution is -2.37. The van der Waals surface area contributed by atoms with Crippen LogP contribution in [-0.2, 0) is 17.5 Å². The number of nitrogens with zero attached hydrogens (tertiary/aromatic N) is 5. The van der Waals surface area contributed by atoms with Crippen molar-refractivity contribution in [2.24, 2.45) is 5.92 Å². The molecule has 2 aromatic carbocycles. The van der Waals surface area contributed by atoms with Gasteiger partial charge in [-0.25, -0.2) is 0 Å². The molecule has 0 spiro atoms. The molecular weight excluding hydrogens is 483 g/mol. The highest BCUT2D eigenvalue weighted by molar-refractivity contribution is 5.76. The van der Waals surface area contributed by atoms with Gasteiger partial charge in [0.25, 0.3) is 0 Å². The van der Waals surface area contributed by atoms with Crippen LogP contribution in [0.3, 0.4) is 0 Å². The first-order valence-corrected chi connectivity index (χ1v) is 11.9. The fraction of sp³-hybridized carbons (Fsp3) is 0.346. The molecule has 0 unspecified atom stereocenters. The van der Waals surface area contributed by atoms with Crippen molar-refractivity contribution < 1.29 is 18.0 Å². The van der Waals surface area contributed by atoms with Gasteiger partial charge in [0.1, 0.15) is 0 Å². The zero-order chi connectivity index (χ0) is 26.4. The number of aromatic nitrogens is 3. The van der Waals surface area contributed by atoms with Crippen molar-refractivity contribution in [2.75, 3.05) is 30.4 Å². The van der Waals surface area contributed by atoms with E-state index in [1.165, 1.54) is 18.2 Å². The summed E-state index contributed by atoms with van der Waals surface area (Å²) >= 11 is 0. The number of halogens is 3. The number of piperidine rings is 1. The molecule has 3 aromatic rings. The minimum atomic E-state index is -4.46. The molecule has 1 saturated heterocycles. The summed E-state index contributed by atoms with van der Waals surface area (Å²) in [5.74, 6) is 1.19. The molecule has 0 bridgehead atoms. The Kier molecular flexibility index (Phi) is 7.86. The fourth-order valence-corrected chi connectivity index (χ4v) is 4.29. The van der Waals surface area contributed by atoms with Gasteiger partial charge in [-0.2, -0.15) is 33.4 Å². The average Bonchev–Trinajstić information content (AvgIpc) is 2.91. The molecule has 192 valence electrons.